The van der Waals surface area contributed by atoms with Crippen LogP contribution in [0.2, 0.25) is 0 Å². The van der Waals surface area contributed by atoms with Crippen LogP contribution in [0.4, 0.5) is 0 Å². The third-order valence-electron chi connectivity index (χ3n) is 6.67. The average Bonchev–Trinajstić information content (AvgIpc) is 2.83. The van der Waals surface area contributed by atoms with Crippen LogP contribution in [0, 0.1) is 5.92 Å². The van der Waals surface area contributed by atoms with E-state index in [4.69, 9.17) is 14.2 Å². The molecule has 0 aromatic heterocycles. The maximum atomic E-state index is 12.1. The van der Waals surface area contributed by atoms with Gasteiger partial charge in [-0.15, -0.1) is 0 Å². The van der Waals surface area contributed by atoms with Gasteiger partial charge in [-0.1, -0.05) is 97.1 Å². The predicted octanol–water partition coefficient (Wildman–Crippen LogP) is 8.53. The highest BCUT2D eigenvalue weighted by Gasteiger charge is 2.29. The maximum Gasteiger partial charge on any atom is 0.306 e. The normalized spacial score (nSPS) is 19.7. The zero-order valence-corrected chi connectivity index (χ0v) is 22.2. The van der Waals surface area contributed by atoms with E-state index in [1.54, 1.807) is 0 Å². The molecule has 4 nitrogen and oxygen atoms in total. The summed E-state index contributed by atoms with van der Waals surface area (Å²) >= 11 is 0. The van der Waals surface area contributed by atoms with Crippen LogP contribution in [0.1, 0.15) is 136 Å². The van der Waals surface area contributed by atoms with Gasteiger partial charge in [0, 0.05) is 12.3 Å². The summed E-state index contributed by atoms with van der Waals surface area (Å²) < 4.78 is 17.3. The van der Waals surface area contributed by atoms with E-state index in [1.807, 2.05) is 0 Å². The van der Waals surface area contributed by atoms with Gasteiger partial charge in [0.1, 0.15) is 6.10 Å². The van der Waals surface area contributed by atoms with Gasteiger partial charge in [-0.3, -0.25) is 4.79 Å². The summed E-state index contributed by atoms with van der Waals surface area (Å²) in [6, 6.07) is 0. The smallest absolute Gasteiger partial charge is 0.306 e. The Bertz CT molecular complexity index is 468. The largest absolute Gasteiger partial charge is 0.457 e. The van der Waals surface area contributed by atoms with Gasteiger partial charge in [-0.25, -0.2) is 0 Å². The number of rotatable bonds is 21. The van der Waals surface area contributed by atoms with E-state index in [1.165, 1.54) is 83.5 Å². The number of esters is 1. The molecule has 4 heteroatoms. The first kappa shape index (κ1) is 30.2. The van der Waals surface area contributed by atoms with Crippen molar-refractivity contribution in [2.75, 3.05) is 13.2 Å². The van der Waals surface area contributed by atoms with Gasteiger partial charge in [0.05, 0.1) is 13.2 Å². The molecule has 1 unspecified atom stereocenters. The zero-order chi connectivity index (χ0) is 24.0. The molecular weight excluding hydrogens is 412 g/mol. The molecule has 1 atom stereocenters. The Kier molecular flexibility index (Phi) is 19.8. The topological polar surface area (TPSA) is 44.8 Å². The van der Waals surface area contributed by atoms with Gasteiger partial charge in [0.2, 0.25) is 0 Å². The van der Waals surface area contributed by atoms with Crippen molar-refractivity contribution in [1.29, 1.82) is 0 Å². The molecule has 0 saturated carbocycles. The second kappa shape index (κ2) is 21.6. The standard InChI is InChI=1S/C29H54O4/c1-4-7-9-10-11-12-13-14-15-16-17-18-19-20-21-23-28(30)33-27-24-31-29(32-25-27)26(6-3)22-8-5-2/h11-12,26-27,29H,4-10,13-25H2,1-3H3/b12-11+. The Morgan fingerprint density at radius 1 is 0.788 bits per heavy atom. The zero-order valence-electron chi connectivity index (χ0n) is 22.2. The Hall–Kier alpha value is -0.870. The minimum atomic E-state index is -0.247. The van der Waals surface area contributed by atoms with Crippen molar-refractivity contribution in [1.82, 2.24) is 0 Å². The average molecular weight is 467 g/mol. The highest BCUT2D eigenvalue weighted by atomic mass is 16.7. The number of ether oxygens (including phenoxy) is 3. The lowest BCUT2D eigenvalue weighted by Crippen LogP contribution is -2.41. The monoisotopic (exact) mass is 466 g/mol. The van der Waals surface area contributed by atoms with Gasteiger partial charge < -0.3 is 14.2 Å². The third kappa shape index (κ3) is 16.4. The molecule has 194 valence electrons. The first-order valence-corrected chi connectivity index (χ1v) is 14.3. The lowest BCUT2D eigenvalue weighted by molar-refractivity contribution is -0.245. The molecule has 1 rings (SSSR count). The number of carbonyl (C=O) groups is 1. The molecule has 0 aromatic carbocycles. The van der Waals surface area contributed by atoms with Gasteiger partial charge >= 0.3 is 5.97 Å². The second-order valence-corrected chi connectivity index (χ2v) is 9.79. The minimum absolute atomic E-state index is 0.105. The number of carbonyl (C=O) groups excluding carboxylic acids is 1. The lowest BCUT2D eigenvalue weighted by atomic mass is 9.98. The summed E-state index contributed by atoms with van der Waals surface area (Å²) in [4.78, 5) is 12.1. The predicted molar refractivity (Wildman–Crippen MR) is 138 cm³/mol. The number of hydrogen-bond acceptors (Lipinski definition) is 4. The van der Waals surface area contributed by atoms with E-state index in [0.717, 1.165) is 25.7 Å². The van der Waals surface area contributed by atoms with Crippen molar-refractivity contribution < 1.29 is 19.0 Å². The molecule has 1 aliphatic rings. The highest BCUT2D eigenvalue weighted by molar-refractivity contribution is 5.69. The van der Waals surface area contributed by atoms with Crippen LogP contribution in [0.15, 0.2) is 12.2 Å². The van der Waals surface area contributed by atoms with E-state index in [2.05, 4.69) is 32.9 Å². The summed E-state index contributed by atoms with van der Waals surface area (Å²) in [5.41, 5.74) is 0. The fourth-order valence-electron chi connectivity index (χ4n) is 4.42. The molecule has 0 aliphatic carbocycles. The van der Waals surface area contributed by atoms with Gasteiger partial charge in [0.25, 0.3) is 0 Å². The van der Waals surface area contributed by atoms with E-state index < -0.39 is 0 Å². The Morgan fingerprint density at radius 2 is 1.33 bits per heavy atom. The summed E-state index contributed by atoms with van der Waals surface area (Å²) in [5.74, 6) is 0.338. The molecule has 1 fully saturated rings. The molecule has 0 amide bonds. The quantitative estimate of drug-likeness (QED) is 0.0965. The van der Waals surface area contributed by atoms with Gasteiger partial charge in [-0.05, 0) is 44.9 Å². The SMILES string of the molecule is CCCCC/C=C/CCCCCCCCCCC(=O)OC1COC(C(CC)CCCC)OC1. The van der Waals surface area contributed by atoms with Crippen molar-refractivity contribution in [3.63, 3.8) is 0 Å². The van der Waals surface area contributed by atoms with Crippen molar-refractivity contribution in [3.05, 3.63) is 12.2 Å². The summed E-state index contributed by atoms with van der Waals surface area (Å²) in [5, 5.41) is 0. The van der Waals surface area contributed by atoms with Crippen LogP contribution >= 0.6 is 0 Å². The molecule has 0 radical (unpaired) electrons. The highest BCUT2D eigenvalue weighted by Crippen LogP contribution is 2.24. The van der Waals surface area contributed by atoms with Gasteiger partial charge in [-0.2, -0.15) is 0 Å². The molecule has 0 aromatic rings. The fraction of sp³-hybridized carbons (Fsp3) is 0.897. The molecular formula is C29H54O4. The van der Waals surface area contributed by atoms with Crippen LogP contribution in [0.25, 0.3) is 0 Å². The summed E-state index contributed by atoms with van der Waals surface area (Å²) in [7, 11) is 0. The van der Waals surface area contributed by atoms with Crippen LogP contribution in [-0.2, 0) is 19.0 Å². The summed E-state index contributed by atoms with van der Waals surface area (Å²) in [6.07, 6.45) is 25.8. The summed E-state index contributed by atoms with van der Waals surface area (Å²) in [6.45, 7) is 7.59. The maximum absolute atomic E-state index is 12.1. The number of allylic oxidation sites excluding steroid dienone is 2. The van der Waals surface area contributed by atoms with Gasteiger partial charge in [0.15, 0.2) is 6.29 Å². The Labute approximate surface area is 205 Å². The molecule has 0 spiro atoms. The van der Waals surface area contributed by atoms with Crippen LogP contribution < -0.4 is 0 Å². The lowest BCUT2D eigenvalue weighted by Gasteiger charge is -2.33. The second-order valence-electron chi connectivity index (χ2n) is 9.79. The molecule has 1 heterocycles. The van der Waals surface area contributed by atoms with E-state index in [9.17, 15) is 4.79 Å². The first-order chi connectivity index (χ1) is 16.2. The molecule has 1 saturated heterocycles. The van der Waals surface area contributed by atoms with Crippen LogP contribution in [0.5, 0.6) is 0 Å². The first-order valence-electron chi connectivity index (χ1n) is 14.3. The molecule has 1 aliphatic heterocycles. The number of unbranched alkanes of at least 4 members (excludes halogenated alkanes) is 12. The van der Waals surface area contributed by atoms with E-state index in [-0.39, 0.29) is 18.4 Å². The van der Waals surface area contributed by atoms with Crippen molar-refractivity contribution >= 4 is 5.97 Å². The van der Waals surface area contributed by atoms with Crippen molar-refractivity contribution in [2.45, 2.75) is 149 Å². The third-order valence-corrected chi connectivity index (χ3v) is 6.67. The Balaban J connectivity index is 1.92. The van der Waals surface area contributed by atoms with Crippen molar-refractivity contribution in [2.24, 2.45) is 5.92 Å². The Morgan fingerprint density at radius 3 is 1.91 bits per heavy atom. The van der Waals surface area contributed by atoms with Crippen molar-refractivity contribution in [3.8, 4) is 0 Å². The molecule has 33 heavy (non-hydrogen) atoms. The van der Waals surface area contributed by atoms with E-state index >= 15 is 0 Å². The molecule has 0 bridgehead atoms. The fourth-order valence-corrected chi connectivity index (χ4v) is 4.42. The molecule has 0 N–H and O–H groups in total. The van der Waals surface area contributed by atoms with Crippen LogP contribution in [0.3, 0.4) is 0 Å². The van der Waals surface area contributed by atoms with E-state index in [0.29, 0.717) is 25.6 Å². The number of hydrogen-bond donors (Lipinski definition) is 0. The minimum Gasteiger partial charge on any atom is -0.457 e. The van der Waals surface area contributed by atoms with Crippen LogP contribution in [-0.4, -0.2) is 31.6 Å².